The van der Waals surface area contributed by atoms with Crippen molar-refractivity contribution >= 4 is 35.2 Å². The summed E-state index contributed by atoms with van der Waals surface area (Å²) in [4.78, 5) is 26.0. The number of carbonyl (C=O) groups is 2. The molecule has 0 bridgehead atoms. The number of imide groups is 1. The van der Waals surface area contributed by atoms with Crippen LogP contribution in [0.3, 0.4) is 0 Å². The number of halogens is 1. The molecule has 0 N–H and O–H groups in total. The second kappa shape index (κ2) is 6.89. The molecular formula is C17H12ClN5O2S. The van der Waals surface area contributed by atoms with Crippen LogP contribution in [-0.2, 0) is 0 Å². The fourth-order valence-electron chi connectivity index (χ4n) is 2.71. The minimum Gasteiger partial charge on any atom is -0.273 e. The molecule has 4 rings (SSSR count). The van der Waals surface area contributed by atoms with Gasteiger partial charge in [0.2, 0.25) is 5.16 Å². The molecule has 1 aliphatic heterocycles. The van der Waals surface area contributed by atoms with Gasteiger partial charge < -0.3 is 0 Å². The number of carbonyl (C=O) groups excluding carboxylic acids is 2. The fraction of sp³-hybridized carbons (Fsp3) is 0.118. The first-order chi connectivity index (χ1) is 12.6. The largest absolute Gasteiger partial charge is 0.273 e. The van der Waals surface area contributed by atoms with Gasteiger partial charge in [-0.05, 0) is 40.8 Å². The molecule has 0 atom stereocenters. The van der Waals surface area contributed by atoms with Crippen LogP contribution in [0.5, 0.6) is 0 Å². The molecule has 2 aromatic carbocycles. The molecule has 0 saturated carbocycles. The van der Waals surface area contributed by atoms with Crippen LogP contribution in [0.4, 0.5) is 0 Å². The Morgan fingerprint density at radius 1 is 1.00 bits per heavy atom. The molecule has 1 aliphatic rings. The molecule has 0 spiro atoms. The lowest BCUT2D eigenvalue weighted by Crippen LogP contribution is -2.31. The average molecular weight is 386 g/mol. The molecule has 0 saturated heterocycles. The van der Waals surface area contributed by atoms with Gasteiger partial charge in [0.05, 0.1) is 16.8 Å². The van der Waals surface area contributed by atoms with Gasteiger partial charge in [-0.15, -0.1) is 5.10 Å². The molecule has 2 heterocycles. The Balaban J connectivity index is 1.45. The summed E-state index contributed by atoms with van der Waals surface area (Å²) < 4.78 is 1.57. The van der Waals surface area contributed by atoms with E-state index in [4.69, 9.17) is 11.6 Å². The number of nitrogens with zero attached hydrogens (tertiary/aromatic N) is 5. The maximum atomic E-state index is 12.4. The molecule has 26 heavy (non-hydrogen) atoms. The maximum absolute atomic E-state index is 12.4. The van der Waals surface area contributed by atoms with E-state index in [-0.39, 0.29) is 18.4 Å². The highest BCUT2D eigenvalue weighted by Crippen LogP contribution is 2.24. The van der Waals surface area contributed by atoms with Gasteiger partial charge in [-0.1, -0.05) is 41.6 Å². The maximum Gasteiger partial charge on any atom is 0.261 e. The summed E-state index contributed by atoms with van der Waals surface area (Å²) in [5.74, 6) is -0.0480. The molecule has 7 nitrogen and oxygen atoms in total. The zero-order valence-electron chi connectivity index (χ0n) is 13.4. The first-order valence-corrected chi connectivity index (χ1v) is 9.14. The van der Waals surface area contributed by atoms with Gasteiger partial charge in [0.15, 0.2) is 0 Å². The van der Waals surface area contributed by atoms with Crippen LogP contribution in [0.25, 0.3) is 5.69 Å². The van der Waals surface area contributed by atoms with Crippen molar-refractivity contribution in [3.63, 3.8) is 0 Å². The summed E-state index contributed by atoms with van der Waals surface area (Å²) >= 11 is 7.37. The Labute approximate surface area is 157 Å². The summed E-state index contributed by atoms with van der Waals surface area (Å²) in [7, 11) is 0. The summed E-state index contributed by atoms with van der Waals surface area (Å²) in [6, 6.07) is 14.0. The molecule has 3 aromatic rings. The van der Waals surface area contributed by atoms with Crippen LogP contribution < -0.4 is 0 Å². The van der Waals surface area contributed by atoms with Gasteiger partial charge in [-0.25, -0.2) is 0 Å². The normalized spacial score (nSPS) is 13.3. The van der Waals surface area contributed by atoms with Crippen molar-refractivity contribution in [2.75, 3.05) is 12.3 Å². The number of hydrogen-bond acceptors (Lipinski definition) is 6. The van der Waals surface area contributed by atoms with Crippen molar-refractivity contribution in [3.8, 4) is 5.69 Å². The van der Waals surface area contributed by atoms with E-state index in [1.54, 1.807) is 41.1 Å². The van der Waals surface area contributed by atoms with Crippen LogP contribution >= 0.6 is 23.4 Å². The predicted molar refractivity (Wildman–Crippen MR) is 96.7 cm³/mol. The van der Waals surface area contributed by atoms with Crippen LogP contribution in [0.1, 0.15) is 20.7 Å². The van der Waals surface area contributed by atoms with E-state index in [1.165, 1.54) is 16.7 Å². The Kier molecular flexibility index (Phi) is 4.44. The predicted octanol–water partition coefficient (Wildman–Crippen LogP) is 2.70. The van der Waals surface area contributed by atoms with Crippen molar-refractivity contribution in [2.24, 2.45) is 0 Å². The lowest BCUT2D eigenvalue weighted by Gasteiger charge is -2.13. The SMILES string of the molecule is O=C1c2ccccc2C(=O)N1CCSc1nnnn1-c1cccc(Cl)c1. The highest BCUT2D eigenvalue weighted by molar-refractivity contribution is 7.99. The average Bonchev–Trinajstić information content (AvgIpc) is 3.21. The molecule has 130 valence electrons. The number of benzene rings is 2. The number of thioether (sulfide) groups is 1. The van der Waals surface area contributed by atoms with Gasteiger partial charge in [0.1, 0.15) is 0 Å². The third kappa shape index (κ3) is 2.97. The molecule has 0 fully saturated rings. The van der Waals surface area contributed by atoms with Crippen LogP contribution in [0.2, 0.25) is 5.02 Å². The molecule has 9 heteroatoms. The highest BCUT2D eigenvalue weighted by Gasteiger charge is 2.34. The Morgan fingerprint density at radius 3 is 2.42 bits per heavy atom. The number of tetrazole rings is 1. The zero-order valence-corrected chi connectivity index (χ0v) is 14.9. The molecule has 0 radical (unpaired) electrons. The van der Waals surface area contributed by atoms with Gasteiger partial charge >= 0.3 is 0 Å². The topological polar surface area (TPSA) is 81.0 Å². The van der Waals surface area contributed by atoms with E-state index >= 15 is 0 Å². The second-order valence-electron chi connectivity index (χ2n) is 5.51. The molecular weight excluding hydrogens is 374 g/mol. The molecule has 1 aromatic heterocycles. The lowest BCUT2D eigenvalue weighted by molar-refractivity contribution is 0.0664. The van der Waals surface area contributed by atoms with Gasteiger partial charge in [0, 0.05) is 17.3 Å². The highest BCUT2D eigenvalue weighted by atomic mass is 35.5. The monoisotopic (exact) mass is 385 g/mol. The number of rotatable bonds is 5. The quantitative estimate of drug-likeness (QED) is 0.496. The van der Waals surface area contributed by atoms with Crippen molar-refractivity contribution in [1.82, 2.24) is 25.1 Å². The van der Waals surface area contributed by atoms with Crippen LogP contribution in [0, 0.1) is 0 Å². The lowest BCUT2D eigenvalue weighted by atomic mass is 10.1. The van der Waals surface area contributed by atoms with Gasteiger partial charge in [-0.2, -0.15) is 4.68 Å². The number of amides is 2. The first kappa shape index (κ1) is 16.7. The minimum atomic E-state index is -0.263. The van der Waals surface area contributed by atoms with Crippen molar-refractivity contribution in [1.29, 1.82) is 0 Å². The van der Waals surface area contributed by atoms with E-state index < -0.39 is 0 Å². The van der Waals surface area contributed by atoms with E-state index in [0.717, 1.165) is 5.69 Å². The van der Waals surface area contributed by atoms with Crippen LogP contribution in [0.15, 0.2) is 53.7 Å². The fourth-order valence-corrected chi connectivity index (χ4v) is 3.71. The summed E-state index contributed by atoms with van der Waals surface area (Å²) in [5.41, 5.74) is 1.64. The Bertz CT molecular complexity index is 971. The van der Waals surface area contributed by atoms with Crippen LogP contribution in [-0.4, -0.2) is 49.2 Å². The van der Waals surface area contributed by atoms with Crippen molar-refractivity contribution < 1.29 is 9.59 Å². The molecule has 0 aliphatic carbocycles. The Morgan fingerprint density at radius 2 is 1.73 bits per heavy atom. The third-order valence-electron chi connectivity index (χ3n) is 3.92. The smallest absolute Gasteiger partial charge is 0.261 e. The van der Waals surface area contributed by atoms with E-state index in [2.05, 4.69) is 15.5 Å². The minimum absolute atomic E-state index is 0.263. The molecule has 0 unspecified atom stereocenters. The third-order valence-corrected chi connectivity index (χ3v) is 5.05. The number of fused-ring (bicyclic) bond motifs is 1. The summed E-state index contributed by atoms with van der Waals surface area (Å²) in [6.07, 6.45) is 0. The standard InChI is InChI=1S/C17H12ClN5O2S/c18-11-4-3-5-12(10-11)23-17(19-20-21-23)26-9-8-22-15(24)13-6-1-2-7-14(13)16(22)25/h1-7,10H,8-9H2. The summed E-state index contributed by atoms with van der Waals surface area (Å²) in [6.45, 7) is 0.277. The van der Waals surface area contributed by atoms with Crippen molar-refractivity contribution in [2.45, 2.75) is 5.16 Å². The van der Waals surface area contributed by atoms with E-state index in [0.29, 0.717) is 27.1 Å². The van der Waals surface area contributed by atoms with Gasteiger partial charge in [0.25, 0.3) is 11.8 Å². The summed E-state index contributed by atoms with van der Waals surface area (Å²) in [5, 5.41) is 12.8. The van der Waals surface area contributed by atoms with Crippen molar-refractivity contribution in [3.05, 3.63) is 64.7 Å². The number of hydrogen-bond donors (Lipinski definition) is 0. The Hall–Kier alpha value is -2.71. The van der Waals surface area contributed by atoms with E-state index in [9.17, 15) is 9.59 Å². The van der Waals surface area contributed by atoms with E-state index in [1.807, 2.05) is 12.1 Å². The molecule has 2 amide bonds. The van der Waals surface area contributed by atoms with Gasteiger partial charge in [-0.3, -0.25) is 14.5 Å². The number of aromatic nitrogens is 4. The second-order valence-corrected chi connectivity index (χ2v) is 7.01. The first-order valence-electron chi connectivity index (χ1n) is 7.77. The zero-order chi connectivity index (χ0) is 18.1.